The summed E-state index contributed by atoms with van der Waals surface area (Å²) in [5.41, 5.74) is 1.68. The van der Waals surface area contributed by atoms with Gasteiger partial charge in [0.25, 0.3) is 5.56 Å². The van der Waals surface area contributed by atoms with Gasteiger partial charge in [0.15, 0.2) is 16.3 Å². The monoisotopic (exact) mass is 550 g/mol. The van der Waals surface area contributed by atoms with Crippen LogP contribution in [0, 0.1) is 5.92 Å². The van der Waals surface area contributed by atoms with Gasteiger partial charge < -0.3 is 18.9 Å². The van der Waals surface area contributed by atoms with Crippen molar-refractivity contribution in [3.8, 4) is 17.2 Å². The van der Waals surface area contributed by atoms with Gasteiger partial charge in [-0.05, 0) is 42.7 Å². The number of benzene rings is 2. The third kappa shape index (κ3) is 5.80. The molecule has 1 atom stereocenters. The number of allylic oxidation sites excluding steroid dienone is 1. The number of hydrogen-bond donors (Lipinski definition) is 0. The summed E-state index contributed by atoms with van der Waals surface area (Å²) < 4.78 is 23.7. The van der Waals surface area contributed by atoms with Gasteiger partial charge in [-0.2, -0.15) is 0 Å². The largest absolute Gasteiger partial charge is 0.496 e. The zero-order valence-corrected chi connectivity index (χ0v) is 23.5. The molecule has 2 aromatic carbocycles. The SMILES string of the molecule is COc1ccccc1/C=c1\sc2n(c1=O)[C@@H](c1ccc(OC(C)=O)c(OC)c1)C(C(=O)OCC(C)C)=C(C)N=2. The van der Waals surface area contributed by atoms with Crippen LogP contribution in [0.3, 0.4) is 0 Å². The standard InChI is InChI=1S/C29H30N2O7S/c1-16(2)15-37-28(34)25-17(3)30-29-31(26(25)20-11-12-22(38-18(4)32)23(13-20)36-6)27(33)24(39-29)14-19-9-7-8-10-21(19)35-5/h7-14,16,26H,15H2,1-6H3/b24-14-/t26-/m0/s1. The molecule has 4 rings (SSSR count). The summed E-state index contributed by atoms with van der Waals surface area (Å²) in [6.45, 7) is 7.12. The Hall–Kier alpha value is -4.18. The second-order valence-electron chi connectivity index (χ2n) is 9.32. The van der Waals surface area contributed by atoms with E-state index in [1.54, 1.807) is 38.3 Å². The number of carbonyl (C=O) groups excluding carboxylic acids is 2. The van der Waals surface area contributed by atoms with E-state index in [1.165, 1.54) is 29.9 Å². The Labute approximate surface area is 229 Å². The maximum absolute atomic E-state index is 13.9. The molecule has 10 heteroatoms. The molecule has 0 unspecified atom stereocenters. The number of carbonyl (C=O) groups is 2. The number of para-hydroxylation sites is 1. The van der Waals surface area contributed by atoms with Crippen LogP contribution in [0.15, 0.2) is 63.5 Å². The molecule has 0 aliphatic carbocycles. The first-order chi connectivity index (χ1) is 18.6. The normalized spacial score (nSPS) is 15.1. The van der Waals surface area contributed by atoms with E-state index in [2.05, 4.69) is 4.99 Å². The van der Waals surface area contributed by atoms with Gasteiger partial charge in [-0.25, -0.2) is 9.79 Å². The fourth-order valence-corrected chi connectivity index (χ4v) is 5.28. The summed E-state index contributed by atoms with van der Waals surface area (Å²) in [7, 11) is 3.02. The van der Waals surface area contributed by atoms with Crippen LogP contribution in [0.1, 0.15) is 44.9 Å². The molecule has 0 amide bonds. The highest BCUT2D eigenvalue weighted by Crippen LogP contribution is 2.36. The Morgan fingerprint density at radius 3 is 2.46 bits per heavy atom. The summed E-state index contributed by atoms with van der Waals surface area (Å²) in [6, 6.07) is 11.4. The van der Waals surface area contributed by atoms with E-state index in [-0.39, 0.29) is 35.2 Å². The number of nitrogens with zero attached hydrogens (tertiary/aromatic N) is 2. The topological polar surface area (TPSA) is 105 Å². The quantitative estimate of drug-likeness (QED) is 0.313. The molecule has 204 valence electrons. The first-order valence-corrected chi connectivity index (χ1v) is 13.1. The van der Waals surface area contributed by atoms with Crippen molar-refractivity contribution in [1.29, 1.82) is 0 Å². The highest BCUT2D eigenvalue weighted by Gasteiger charge is 2.34. The molecule has 0 spiro atoms. The van der Waals surface area contributed by atoms with Gasteiger partial charge in [0, 0.05) is 12.5 Å². The molecule has 0 radical (unpaired) electrons. The number of ether oxygens (including phenoxy) is 4. The summed E-state index contributed by atoms with van der Waals surface area (Å²) >= 11 is 1.22. The third-order valence-corrected chi connectivity index (χ3v) is 6.95. The molecule has 0 saturated carbocycles. The van der Waals surface area contributed by atoms with Crippen molar-refractivity contribution >= 4 is 29.4 Å². The number of methoxy groups -OCH3 is 2. The zero-order valence-electron chi connectivity index (χ0n) is 22.6. The predicted octanol–water partition coefficient (Wildman–Crippen LogP) is 3.38. The van der Waals surface area contributed by atoms with E-state index in [0.29, 0.717) is 26.3 Å². The smallest absolute Gasteiger partial charge is 0.338 e. The van der Waals surface area contributed by atoms with Gasteiger partial charge in [0.2, 0.25) is 0 Å². The van der Waals surface area contributed by atoms with Crippen LogP contribution in [-0.2, 0) is 14.3 Å². The average molecular weight is 551 g/mol. The van der Waals surface area contributed by atoms with Gasteiger partial charge >= 0.3 is 11.9 Å². The molecule has 0 saturated heterocycles. The number of fused-ring (bicyclic) bond motifs is 1. The molecule has 39 heavy (non-hydrogen) atoms. The molecule has 0 fully saturated rings. The Kier molecular flexibility index (Phi) is 8.35. The van der Waals surface area contributed by atoms with Crippen molar-refractivity contribution in [3.63, 3.8) is 0 Å². The van der Waals surface area contributed by atoms with E-state index in [4.69, 9.17) is 18.9 Å². The van der Waals surface area contributed by atoms with E-state index < -0.39 is 18.0 Å². The Morgan fingerprint density at radius 2 is 1.79 bits per heavy atom. The van der Waals surface area contributed by atoms with Crippen LogP contribution in [0.25, 0.3) is 6.08 Å². The van der Waals surface area contributed by atoms with Gasteiger partial charge in [0.1, 0.15) is 5.75 Å². The van der Waals surface area contributed by atoms with Crippen molar-refractivity contribution in [2.24, 2.45) is 10.9 Å². The number of thiazole rings is 1. The second kappa shape index (κ2) is 11.7. The zero-order chi connectivity index (χ0) is 28.3. The minimum absolute atomic E-state index is 0.124. The summed E-state index contributed by atoms with van der Waals surface area (Å²) in [5.74, 6) is 0.194. The first kappa shape index (κ1) is 27.8. The maximum atomic E-state index is 13.9. The van der Waals surface area contributed by atoms with Crippen molar-refractivity contribution < 1.29 is 28.5 Å². The molecule has 0 bridgehead atoms. The number of aromatic nitrogens is 1. The highest BCUT2D eigenvalue weighted by atomic mass is 32.1. The fourth-order valence-electron chi connectivity index (χ4n) is 4.24. The average Bonchev–Trinajstić information content (AvgIpc) is 3.20. The lowest BCUT2D eigenvalue weighted by molar-refractivity contribution is -0.140. The molecule has 0 N–H and O–H groups in total. The minimum atomic E-state index is -0.846. The maximum Gasteiger partial charge on any atom is 0.338 e. The molecular weight excluding hydrogens is 520 g/mol. The first-order valence-electron chi connectivity index (χ1n) is 12.3. The summed E-state index contributed by atoms with van der Waals surface area (Å²) in [4.78, 5) is 43.9. The Balaban J connectivity index is 1.94. The van der Waals surface area contributed by atoms with Crippen LogP contribution in [0.5, 0.6) is 17.2 Å². The van der Waals surface area contributed by atoms with Crippen LogP contribution in [0.2, 0.25) is 0 Å². The van der Waals surface area contributed by atoms with Crippen molar-refractivity contribution in [2.75, 3.05) is 20.8 Å². The van der Waals surface area contributed by atoms with Crippen molar-refractivity contribution in [2.45, 2.75) is 33.7 Å². The lowest BCUT2D eigenvalue weighted by atomic mass is 9.95. The summed E-state index contributed by atoms with van der Waals surface area (Å²) in [6.07, 6.45) is 1.75. The highest BCUT2D eigenvalue weighted by molar-refractivity contribution is 7.07. The van der Waals surface area contributed by atoms with Crippen molar-refractivity contribution in [1.82, 2.24) is 4.57 Å². The predicted molar refractivity (Wildman–Crippen MR) is 147 cm³/mol. The van der Waals surface area contributed by atoms with Crippen LogP contribution >= 0.6 is 11.3 Å². The van der Waals surface area contributed by atoms with E-state index in [9.17, 15) is 14.4 Å². The third-order valence-electron chi connectivity index (χ3n) is 5.97. The van der Waals surface area contributed by atoms with Gasteiger partial charge in [-0.1, -0.05) is 49.4 Å². The Morgan fingerprint density at radius 1 is 1.08 bits per heavy atom. The lowest BCUT2D eigenvalue weighted by Gasteiger charge is -2.25. The summed E-state index contributed by atoms with van der Waals surface area (Å²) in [5, 5.41) is 0. The molecule has 1 aromatic heterocycles. The molecule has 1 aliphatic heterocycles. The van der Waals surface area contributed by atoms with Gasteiger partial charge in [0.05, 0.1) is 42.7 Å². The van der Waals surface area contributed by atoms with Gasteiger partial charge in [-0.3, -0.25) is 14.2 Å². The Bertz CT molecular complexity index is 1630. The number of esters is 2. The number of hydrogen-bond acceptors (Lipinski definition) is 9. The molecule has 2 heterocycles. The van der Waals surface area contributed by atoms with Crippen molar-refractivity contribution in [3.05, 3.63) is 84.5 Å². The molecule has 9 nitrogen and oxygen atoms in total. The fraction of sp³-hybridized carbons (Fsp3) is 0.310. The molecule has 3 aromatic rings. The molecule has 1 aliphatic rings. The van der Waals surface area contributed by atoms with E-state index >= 15 is 0 Å². The van der Waals surface area contributed by atoms with E-state index in [0.717, 1.165) is 5.56 Å². The molecular formula is C29H30N2O7S. The van der Waals surface area contributed by atoms with Gasteiger partial charge in [-0.15, -0.1) is 0 Å². The number of rotatable bonds is 8. The van der Waals surface area contributed by atoms with Crippen LogP contribution in [-0.4, -0.2) is 37.3 Å². The van der Waals surface area contributed by atoms with Crippen LogP contribution < -0.4 is 29.1 Å². The van der Waals surface area contributed by atoms with Crippen LogP contribution in [0.4, 0.5) is 0 Å². The van der Waals surface area contributed by atoms with E-state index in [1.807, 2.05) is 38.1 Å². The lowest BCUT2D eigenvalue weighted by Crippen LogP contribution is -2.40. The second-order valence-corrected chi connectivity index (χ2v) is 10.3. The minimum Gasteiger partial charge on any atom is -0.496 e.